The molecular formula is C29H31F6N3O6S. The molecule has 2 aliphatic rings. The van der Waals surface area contributed by atoms with Crippen molar-refractivity contribution < 1.29 is 56.2 Å². The Bertz CT molecular complexity index is 1500. The molecule has 2 fully saturated rings. The van der Waals surface area contributed by atoms with Crippen molar-refractivity contribution in [3.63, 3.8) is 0 Å². The summed E-state index contributed by atoms with van der Waals surface area (Å²) in [5.41, 5.74) is -5.75. The molecule has 2 aliphatic heterocycles. The van der Waals surface area contributed by atoms with Crippen LogP contribution >= 0.6 is 11.8 Å². The van der Waals surface area contributed by atoms with Crippen molar-refractivity contribution in [3.05, 3.63) is 71.2 Å². The van der Waals surface area contributed by atoms with E-state index in [9.17, 15) is 46.8 Å². The first-order chi connectivity index (χ1) is 21.0. The number of aliphatic hydroxyl groups is 4. The topological polar surface area (TPSA) is 130 Å². The maximum atomic E-state index is 14.2. The number of aromatic nitrogens is 3. The third-order valence-electron chi connectivity index (χ3n) is 8.01. The van der Waals surface area contributed by atoms with E-state index in [-0.39, 0.29) is 36.3 Å². The van der Waals surface area contributed by atoms with Crippen LogP contribution in [0, 0.1) is 17.5 Å². The van der Waals surface area contributed by atoms with E-state index in [0.717, 1.165) is 16.9 Å². The SMILES string of the molecule is CC1(C)C[C@@](O)([C@@H](S[C@@H]2O[C@H](CO)[C@H](O)[C@H](n3cc(-c4cc(F)c(F)c(F)c4)nn3)[C@H]2O)c2ccccc2C(F)(F)F)CCO1. The van der Waals surface area contributed by atoms with Crippen LogP contribution in [0.1, 0.15) is 49.1 Å². The number of aliphatic hydroxyl groups excluding tert-OH is 3. The molecule has 0 aliphatic carbocycles. The second kappa shape index (κ2) is 12.5. The lowest BCUT2D eigenvalue weighted by atomic mass is 9.79. The van der Waals surface area contributed by atoms with Crippen LogP contribution in [0.4, 0.5) is 26.3 Å². The fraction of sp³-hybridized carbons (Fsp3) is 0.517. The quantitative estimate of drug-likeness (QED) is 0.218. The third-order valence-corrected chi connectivity index (χ3v) is 9.63. The number of benzene rings is 2. The van der Waals surface area contributed by atoms with E-state index in [1.807, 2.05) is 0 Å². The van der Waals surface area contributed by atoms with E-state index in [2.05, 4.69) is 10.3 Å². The van der Waals surface area contributed by atoms with Gasteiger partial charge in [0.05, 0.1) is 41.4 Å². The molecule has 2 aromatic carbocycles. The van der Waals surface area contributed by atoms with E-state index in [1.54, 1.807) is 13.8 Å². The van der Waals surface area contributed by atoms with Gasteiger partial charge in [0.1, 0.15) is 35.5 Å². The van der Waals surface area contributed by atoms with Crippen LogP contribution in [-0.2, 0) is 15.7 Å². The van der Waals surface area contributed by atoms with E-state index in [0.29, 0.717) is 23.9 Å². The van der Waals surface area contributed by atoms with Gasteiger partial charge < -0.3 is 29.9 Å². The van der Waals surface area contributed by atoms with Crippen LogP contribution in [0.5, 0.6) is 0 Å². The fourth-order valence-corrected chi connectivity index (χ4v) is 7.57. The molecule has 0 spiro atoms. The number of rotatable bonds is 7. The molecule has 0 bridgehead atoms. The second-order valence-corrected chi connectivity index (χ2v) is 13.0. The summed E-state index contributed by atoms with van der Waals surface area (Å²) in [6.07, 6.45) is -8.51. The highest BCUT2D eigenvalue weighted by Gasteiger charge is 2.53. The molecular weight excluding hydrogens is 632 g/mol. The minimum absolute atomic E-state index is 0.0374. The summed E-state index contributed by atoms with van der Waals surface area (Å²) in [5.74, 6) is -4.66. The summed E-state index contributed by atoms with van der Waals surface area (Å²) in [6, 6.07) is 4.66. The van der Waals surface area contributed by atoms with Gasteiger partial charge in [-0.1, -0.05) is 23.4 Å². The van der Waals surface area contributed by atoms with E-state index in [4.69, 9.17) is 9.47 Å². The molecule has 0 unspecified atom stereocenters. The van der Waals surface area contributed by atoms with Gasteiger partial charge in [0.15, 0.2) is 17.5 Å². The summed E-state index contributed by atoms with van der Waals surface area (Å²) in [4.78, 5) is 0. The Morgan fingerprint density at radius 1 is 1.09 bits per heavy atom. The van der Waals surface area contributed by atoms with Gasteiger partial charge in [0.2, 0.25) is 0 Å². The summed E-state index contributed by atoms with van der Waals surface area (Å²) < 4.78 is 96.4. The maximum Gasteiger partial charge on any atom is 0.416 e. The molecule has 0 amide bonds. The Balaban J connectivity index is 1.53. The highest BCUT2D eigenvalue weighted by molar-refractivity contribution is 8.00. The molecule has 16 heteroatoms. The Morgan fingerprint density at radius 2 is 1.76 bits per heavy atom. The Morgan fingerprint density at radius 3 is 2.38 bits per heavy atom. The first kappa shape index (κ1) is 33.6. The van der Waals surface area contributed by atoms with Crippen LogP contribution in [-0.4, -0.2) is 83.6 Å². The molecule has 1 aromatic heterocycles. The van der Waals surface area contributed by atoms with Gasteiger partial charge in [-0.05, 0) is 37.6 Å². The molecule has 7 atom stereocenters. The first-order valence-electron chi connectivity index (χ1n) is 13.9. The molecule has 0 saturated carbocycles. The Hall–Kier alpha value is -2.73. The molecule has 0 radical (unpaired) electrons. The van der Waals surface area contributed by atoms with Crippen molar-refractivity contribution >= 4 is 11.8 Å². The van der Waals surface area contributed by atoms with Crippen molar-refractivity contribution in [3.8, 4) is 11.3 Å². The highest BCUT2D eigenvalue weighted by atomic mass is 32.2. The maximum absolute atomic E-state index is 14.2. The van der Waals surface area contributed by atoms with Crippen molar-refractivity contribution in [2.75, 3.05) is 13.2 Å². The third kappa shape index (κ3) is 6.73. The lowest BCUT2D eigenvalue weighted by Crippen LogP contribution is -2.56. The molecule has 45 heavy (non-hydrogen) atoms. The lowest BCUT2D eigenvalue weighted by Gasteiger charge is -2.48. The van der Waals surface area contributed by atoms with Crippen LogP contribution < -0.4 is 0 Å². The van der Waals surface area contributed by atoms with Gasteiger partial charge in [-0.3, -0.25) is 0 Å². The highest BCUT2D eigenvalue weighted by Crippen LogP contribution is 2.53. The van der Waals surface area contributed by atoms with Gasteiger partial charge in [-0.2, -0.15) is 13.2 Å². The molecule has 5 rings (SSSR count). The molecule has 2 saturated heterocycles. The Labute approximate surface area is 257 Å². The van der Waals surface area contributed by atoms with Crippen LogP contribution in [0.2, 0.25) is 0 Å². The standard InChI is InChI=1S/C29H31F6N3O6S/c1-27(2)13-28(42,7-8-43-27)25(15-5-3-4-6-16(15)29(33,34)35)45-26-24(41)22(23(40)20(12-39)44-26)38-11-19(36-37-38)14-9-17(30)21(32)18(31)10-14/h3-6,9-11,20,22-26,39-42H,7-8,12-13H2,1-2H3/t20-,22+,23+,24-,25+,26+,28-/m1/s1. The summed E-state index contributed by atoms with van der Waals surface area (Å²) in [5, 5.41) is 50.8. The number of halogens is 6. The summed E-state index contributed by atoms with van der Waals surface area (Å²) >= 11 is 0.689. The monoisotopic (exact) mass is 663 g/mol. The van der Waals surface area contributed by atoms with Crippen molar-refractivity contribution in [1.29, 1.82) is 0 Å². The molecule has 3 aromatic rings. The smallest absolute Gasteiger partial charge is 0.394 e. The zero-order valence-electron chi connectivity index (χ0n) is 24.0. The van der Waals surface area contributed by atoms with Crippen LogP contribution in [0.3, 0.4) is 0 Å². The van der Waals surface area contributed by atoms with Gasteiger partial charge >= 0.3 is 6.18 Å². The van der Waals surface area contributed by atoms with Gasteiger partial charge in [0, 0.05) is 18.4 Å². The predicted octanol–water partition coefficient (Wildman–Crippen LogP) is 4.16. The number of nitrogens with zero attached hydrogens (tertiary/aromatic N) is 3. The Kier molecular flexibility index (Phi) is 9.32. The van der Waals surface area contributed by atoms with Crippen molar-refractivity contribution in [2.45, 2.75) is 79.1 Å². The number of alkyl halides is 3. The number of hydrogen-bond donors (Lipinski definition) is 4. The number of thioether (sulfide) groups is 1. The largest absolute Gasteiger partial charge is 0.416 e. The van der Waals surface area contributed by atoms with E-state index in [1.165, 1.54) is 18.2 Å². The zero-order chi connectivity index (χ0) is 32.9. The first-order valence-corrected chi connectivity index (χ1v) is 14.9. The second-order valence-electron chi connectivity index (χ2n) is 11.8. The lowest BCUT2D eigenvalue weighted by molar-refractivity contribution is -0.179. The van der Waals surface area contributed by atoms with Crippen LogP contribution in [0.15, 0.2) is 42.6 Å². The summed E-state index contributed by atoms with van der Waals surface area (Å²) in [7, 11) is 0. The van der Waals surface area contributed by atoms with Crippen molar-refractivity contribution in [2.24, 2.45) is 0 Å². The minimum Gasteiger partial charge on any atom is -0.394 e. The van der Waals surface area contributed by atoms with E-state index < -0.39 is 82.0 Å². The molecule has 3 heterocycles. The fourth-order valence-electron chi connectivity index (χ4n) is 5.96. The number of hydrogen-bond acceptors (Lipinski definition) is 9. The average molecular weight is 664 g/mol. The normalized spacial score (nSPS) is 29.5. The molecule has 246 valence electrons. The predicted molar refractivity (Wildman–Crippen MR) is 148 cm³/mol. The van der Waals surface area contributed by atoms with Crippen LogP contribution in [0.25, 0.3) is 11.3 Å². The van der Waals surface area contributed by atoms with Crippen molar-refractivity contribution in [1.82, 2.24) is 15.0 Å². The molecule has 9 nitrogen and oxygen atoms in total. The van der Waals surface area contributed by atoms with Gasteiger partial charge in [0.25, 0.3) is 0 Å². The minimum atomic E-state index is -4.79. The van der Waals surface area contributed by atoms with E-state index >= 15 is 0 Å². The van der Waals surface area contributed by atoms with Gasteiger partial charge in [-0.15, -0.1) is 16.9 Å². The molecule has 4 N–H and O–H groups in total. The summed E-state index contributed by atoms with van der Waals surface area (Å²) in [6.45, 7) is 2.65. The zero-order valence-corrected chi connectivity index (χ0v) is 24.8. The average Bonchev–Trinajstić information content (AvgIpc) is 3.44. The number of ether oxygens (including phenoxy) is 2. The van der Waals surface area contributed by atoms with Gasteiger partial charge in [-0.25, -0.2) is 17.9 Å².